The van der Waals surface area contributed by atoms with Crippen LogP contribution in [-0.2, 0) is 0 Å². The number of rotatable bonds is 3. The molecule has 0 amide bonds. The van der Waals surface area contributed by atoms with Crippen molar-refractivity contribution in [1.29, 1.82) is 0 Å². The summed E-state index contributed by atoms with van der Waals surface area (Å²) in [6.45, 7) is 0. The number of nitrogens with zero attached hydrogens (tertiary/aromatic N) is 1. The van der Waals surface area contributed by atoms with E-state index in [9.17, 15) is 9.90 Å². The Morgan fingerprint density at radius 2 is 2.16 bits per heavy atom. The van der Waals surface area contributed by atoms with Crippen molar-refractivity contribution < 1.29 is 19.7 Å². The summed E-state index contributed by atoms with van der Waals surface area (Å²) < 4.78 is 5.18. The second kappa shape index (κ2) is 5.16. The van der Waals surface area contributed by atoms with Crippen LogP contribution in [0, 0.1) is 0 Å². The van der Waals surface area contributed by atoms with Crippen molar-refractivity contribution in [3.8, 4) is 22.8 Å². The van der Waals surface area contributed by atoms with Crippen molar-refractivity contribution in [1.82, 2.24) is 4.98 Å². The van der Waals surface area contributed by atoms with Gasteiger partial charge in [0.25, 0.3) is 0 Å². The zero-order valence-corrected chi connectivity index (χ0v) is 10.7. The number of benzene rings is 1. The second-order valence-electron chi connectivity index (χ2n) is 3.71. The van der Waals surface area contributed by atoms with Crippen LogP contribution in [0.3, 0.4) is 0 Å². The summed E-state index contributed by atoms with van der Waals surface area (Å²) in [5.74, 6) is -1.17. The normalized spacial score (nSPS) is 10.2. The first-order chi connectivity index (χ1) is 9.04. The van der Waals surface area contributed by atoms with Gasteiger partial charge in [-0.3, -0.25) is 4.98 Å². The van der Waals surface area contributed by atoms with E-state index in [2.05, 4.69) is 4.98 Å². The van der Waals surface area contributed by atoms with Gasteiger partial charge in [0.15, 0.2) is 0 Å². The Hall–Kier alpha value is -2.27. The SMILES string of the molecule is COc1cccc(Cl)c1-c1cc(C(=O)O)c(O)cn1. The van der Waals surface area contributed by atoms with Gasteiger partial charge in [-0.1, -0.05) is 17.7 Å². The molecule has 2 aromatic rings. The number of carbonyl (C=O) groups is 1. The summed E-state index contributed by atoms with van der Waals surface area (Å²) in [7, 11) is 1.48. The van der Waals surface area contributed by atoms with Gasteiger partial charge < -0.3 is 14.9 Å². The molecular weight excluding hydrogens is 270 g/mol. The predicted molar refractivity (Wildman–Crippen MR) is 69.9 cm³/mol. The molecule has 0 radical (unpaired) electrons. The molecule has 5 nitrogen and oxygen atoms in total. The molecule has 1 heterocycles. The first kappa shape index (κ1) is 13.2. The van der Waals surface area contributed by atoms with Crippen LogP contribution in [0.2, 0.25) is 5.02 Å². The third-order valence-electron chi connectivity index (χ3n) is 2.56. The molecule has 0 saturated carbocycles. The van der Waals surface area contributed by atoms with Gasteiger partial charge in [-0.25, -0.2) is 4.79 Å². The van der Waals surface area contributed by atoms with Gasteiger partial charge in [0.2, 0.25) is 0 Å². The highest BCUT2D eigenvalue weighted by atomic mass is 35.5. The van der Waals surface area contributed by atoms with Crippen LogP contribution in [0.25, 0.3) is 11.3 Å². The molecule has 6 heteroatoms. The van der Waals surface area contributed by atoms with E-state index in [1.165, 1.54) is 13.2 Å². The number of methoxy groups -OCH3 is 1. The summed E-state index contributed by atoms with van der Waals surface area (Å²) in [4.78, 5) is 15.0. The number of aromatic nitrogens is 1. The quantitative estimate of drug-likeness (QED) is 0.903. The Balaban J connectivity index is 2.66. The lowest BCUT2D eigenvalue weighted by Gasteiger charge is -2.10. The molecule has 19 heavy (non-hydrogen) atoms. The number of halogens is 1. The number of aromatic carboxylic acids is 1. The molecule has 0 aliphatic carbocycles. The standard InChI is InChI=1S/C13H10ClNO4/c1-19-11-4-2-3-8(14)12(11)9-5-7(13(17)18)10(16)6-15-9/h2-6,16H,1H3,(H,17,18). The second-order valence-corrected chi connectivity index (χ2v) is 4.12. The number of carboxylic acid groups (broad SMARTS) is 1. The van der Waals surface area contributed by atoms with Crippen molar-refractivity contribution in [2.45, 2.75) is 0 Å². The van der Waals surface area contributed by atoms with Gasteiger partial charge >= 0.3 is 5.97 Å². The average molecular weight is 280 g/mol. The average Bonchev–Trinajstić information content (AvgIpc) is 2.39. The van der Waals surface area contributed by atoms with Crippen LogP contribution in [0.5, 0.6) is 11.5 Å². The molecule has 98 valence electrons. The fourth-order valence-electron chi connectivity index (χ4n) is 1.68. The van der Waals surface area contributed by atoms with Crippen LogP contribution in [-0.4, -0.2) is 28.3 Å². The van der Waals surface area contributed by atoms with Gasteiger partial charge in [-0.15, -0.1) is 0 Å². The topological polar surface area (TPSA) is 79.7 Å². The lowest BCUT2D eigenvalue weighted by Crippen LogP contribution is -1.99. The maximum Gasteiger partial charge on any atom is 0.339 e. The molecule has 0 bridgehead atoms. The van der Waals surface area contributed by atoms with Crippen molar-refractivity contribution in [3.05, 3.63) is 41.0 Å². The molecule has 0 aliphatic rings. The molecule has 0 fully saturated rings. The van der Waals surface area contributed by atoms with E-state index in [1.807, 2.05) is 0 Å². The molecule has 2 rings (SSSR count). The van der Waals surface area contributed by atoms with Crippen LogP contribution >= 0.6 is 11.6 Å². The monoisotopic (exact) mass is 279 g/mol. The first-order valence-electron chi connectivity index (χ1n) is 5.29. The minimum atomic E-state index is -1.24. The van der Waals surface area contributed by atoms with Crippen LogP contribution in [0.15, 0.2) is 30.5 Å². The van der Waals surface area contributed by atoms with E-state index in [-0.39, 0.29) is 5.56 Å². The van der Waals surface area contributed by atoms with Crippen molar-refractivity contribution in [2.75, 3.05) is 7.11 Å². The lowest BCUT2D eigenvalue weighted by molar-refractivity contribution is 0.0693. The number of pyridine rings is 1. The Bertz CT molecular complexity index is 643. The van der Waals surface area contributed by atoms with E-state index in [4.69, 9.17) is 21.4 Å². The fourth-order valence-corrected chi connectivity index (χ4v) is 1.94. The van der Waals surface area contributed by atoms with Crippen molar-refractivity contribution in [2.24, 2.45) is 0 Å². The van der Waals surface area contributed by atoms with E-state index in [1.54, 1.807) is 18.2 Å². The third-order valence-corrected chi connectivity index (χ3v) is 2.88. The van der Waals surface area contributed by atoms with Crippen molar-refractivity contribution in [3.63, 3.8) is 0 Å². The van der Waals surface area contributed by atoms with Crippen LogP contribution < -0.4 is 4.74 Å². The highest BCUT2D eigenvalue weighted by Gasteiger charge is 2.16. The predicted octanol–water partition coefficient (Wildman–Crippen LogP) is 2.81. The van der Waals surface area contributed by atoms with Gasteiger partial charge in [-0.05, 0) is 18.2 Å². The molecule has 2 N–H and O–H groups in total. The molecular formula is C13H10ClNO4. The first-order valence-corrected chi connectivity index (χ1v) is 5.67. The summed E-state index contributed by atoms with van der Waals surface area (Å²) >= 11 is 6.08. The Labute approximate surface area is 114 Å². The fraction of sp³-hybridized carbons (Fsp3) is 0.0769. The van der Waals surface area contributed by atoms with Gasteiger partial charge in [0, 0.05) is 0 Å². The molecule has 1 aromatic heterocycles. The number of aromatic hydroxyl groups is 1. The number of ether oxygens (including phenoxy) is 1. The van der Waals surface area contributed by atoms with Crippen molar-refractivity contribution >= 4 is 17.6 Å². The largest absolute Gasteiger partial charge is 0.505 e. The third kappa shape index (κ3) is 2.46. The minimum Gasteiger partial charge on any atom is -0.505 e. The lowest BCUT2D eigenvalue weighted by atomic mass is 10.1. The number of hydrogen-bond acceptors (Lipinski definition) is 4. The van der Waals surface area contributed by atoms with Gasteiger partial charge in [0.1, 0.15) is 17.1 Å². The zero-order chi connectivity index (χ0) is 14.0. The molecule has 0 atom stereocenters. The molecule has 0 aliphatic heterocycles. The Morgan fingerprint density at radius 1 is 1.42 bits per heavy atom. The maximum absolute atomic E-state index is 11.0. The van der Waals surface area contributed by atoms with Crippen LogP contribution in [0.4, 0.5) is 0 Å². The van der Waals surface area contributed by atoms with Gasteiger partial charge in [0.05, 0.1) is 29.6 Å². The summed E-state index contributed by atoms with van der Waals surface area (Å²) in [5.41, 5.74) is 0.554. The van der Waals surface area contributed by atoms with E-state index in [0.29, 0.717) is 22.0 Å². The van der Waals surface area contributed by atoms with E-state index in [0.717, 1.165) is 6.20 Å². The highest BCUT2D eigenvalue weighted by molar-refractivity contribution is 6.33. The molecule has 1 aromatic carbocycles. The minimum absolute atomic E-state index is 0.244. The summed E-state index contributed by atoms with van der Waals surface area (Å²) in [6.07, 6.45) is 1.07. The number of carboxylic acids is 1. The van der Waals surface area contributed by atoms with Gasteiger partial charge in [-0.2, -0.15) is 0 Å². The number of hydrogen-bond donors (Lipinski definition) is 2. The highest BCUT2D eigenvalue weighted by Crippen LogP contribution is 2.36. The Kier molecular flexibility index (Phi) is 3.57. The molecule has 0 saturated heterocycles. The summed E-state index contributed by atoms with van der Waals surface area (Å²) in [6, 6.07) is 6.30. The van der Waals surface area contributed by atoms with Crippen LogP contribution in [0.1, 0.15) is 10.4 Å². The molecule has 0 spiro atoms. The summed E-state index contributed by atoms with van der Waals surface area (Å²) in [5, 5.41) is 18.8. The zero-order valence-electron chi connectivity index (χ0n) is 9.92. The van der Waals surface area contributed by atoms with E-state index >= 15 is 0 Å². The molecule has 0 unspecified atom stereocenters. The smallest absolute Gasteiger partial charge is 0.339 e. The maximum atomic E-state index is 11.0. The van der Waals surface area contributed by atoms with E-state index < -0.39 is 11.7 Å². The Morgan fingerprint density at radius 3 is 2.79 bits per heavy atom.